The topological polar surface area (TPSA) is 391 Å². The number of nitrogens with two attached hydrogens (primary N) is 1. The second-order valence-corrected chi connectivity index (χ2v) is 20.2. The van der Waals surface area contributed by atoms with E-state index in [-0.39, 0.29) is 140 Å². The van der Waals surface area contributed by atoms with Crippen molar-refractivity contribution >= 4 is 82.0 Å². The van der Waals surface area contributed by atoms with E-state index < -0.39 is 78.7 Å². The maximum atomic E-state index is 13.6. The van der Waals surface area contributed by atoms with E-state index in [1.807, 2.05) is 74.4 Å². The number of carboxylic acid groups (broad SMARTS) is 1. The van der Waals surface area contributed by atoms with Crippen LogP contribution in [-0.4, -0.2) is 130 Å². The van der Waals surface area contributed by atoms with Crippen LogP contribution in [0.5, 0.6) is 5.75 Å². The van der Waals surface area contributed by atoms with Crippen molar-refractivity contribution in [2.75, 3.05) is 58.5 Å². The molecule has 27 nitrogen and oxygen atoms in total. The smallest absolute Gasteiger partial charge is 0.756 e. The second kappa shape index (κ2) is 24.9. The number of aliphatic hydroxyl groups excluding tert-OH is 1. The van der Waals surface area contributed by atoms with Crippen molar-refractivity contribution in [1.29, 1.82) is 0 Å². The Bertz CT molecular complexity index is 3040. The van der Waals surface area contributed by atoms with Gasteiger partial charge in [0.15, 0.2) is 22.9 Å². The molecule has 4 aromatic rings. The van der Waals surface area contributed by atoms with Crippen LogP contribution in [0.15, 0.2) is 72.2 Å². The molecule has 2 aliphatic heterocycles. The normalized spacial score (nSPS) is 21.3. The fraction of sp³-hybridized carbons (Fsp3) is 0.316. The van der Waals surface area contributed by atoms with E-state index in [0.717, 1.165) is 22.3 Å². The number of allylic oxidation sites excluding steroid dienone is 1. The summed E-state index contributed by atoms with van der Waals surface area (Å²) in [6.45, 7) is -1.73. The van der Waals surface area contributed by atoms with Crippen LogP contribution in [0.1, 0.15) is 38.1 Å². The summed E-state index contributed by atoms with van der Waals surface area (Å²) in [4.78, 5) is 97.5. The number of hydrogen-bond acceptors (Lipinski definition) is 22. The predicted molar refractivity (Wildman–Crippen MR) is 236 cm³/mol. The molecule has 8 atom stereocenters. The molecule has 8 N–H and O–H groups in total. The molecule has 34 heteroatoms. The van der Waals surface area contributed by atoms with Gasteiger partial charge >= 0.3 is 101 Å². The first kappa shape index (κ1) is 61.7. The van der Waals surface area contributed by atoms with Gasteiger partial charge in [0.1, 0.15) is 35.2 Å². The van der Waals surface area contributed by atoms with Gasteiger partial charge in [-0.15, -0.1) is 0 Å². The molecule has 1 fully saturated rings. The van der Waals surface area contributed by atoms with Crippen LogP contribution in [0, 0.1) is 4.64 Å². The van der Waals surface area contributed by atoms with Crippen molar-refractivity contribution in [2.24, 2.45) is 0 Å². The second-order valence-electron chi connectivity index (χ2n) is 15.5. The molecule has 1 aliphatic carbocycles. The molecular formula is C38H41N9Na3O18P3S. The fourth-order valence-corrected chi connectivity index (χ4v) is 10.5. The molecule has 2 amide bonds. The van der Waals surface area contributed by atoms with Crippen molar-refractivity contribution in [3.8, 4) is 5.75 Å². The Labute approximate surface area is 480 Å². The van der Waals surface area contributed by atoms with Crippen LogP contribution in [0.4, 0.5) is 16.4 Å². The van der Waals surface area contributed by atoms with Crippen molar-refractivity contribution in [3.63, 3.8) is 0 Å². The van der Waals surface area contributed by atoms with Crippen LogP contribution in [0.3, 0.4) is 0 Å². The number of phosphoric ester groups is 1. The number of phosphoric acid groups is 3. The zero-order valence-electron chi connectivity index (χ0n) is 39.3. The van der Waals surface area contributed by atoms with Crippen LogP contribution in [0.2, 0.25) is 0 Å². The number of aliphatic hydroxyl groups is 1. The number of aromatic nitrogens is 4. The number of anilines is 2. The first-order valence-electron chi connectivity index (χ1n) is 20.0. The van der Waals surface area contributed by atoms with Crippen LogP contribution < -0.4 is 129 Å². The van der Waals surface area contributed by atoms with Gasteiger partial charge in [-0.3, -0.25) is 23.1 Å². The molecule has 4 heterocycles. The quantitative estimate of drug-likeness (QED) is 0.0223. The number of amides is 2. The van der Waals surface area contributed by atoms with E-state index in [1.54, 1.807) is 0 Å². The Balaban J connectivity index is 0.00000375. The summed E-state index contributed by atoms with van der Waals surface area (Å²) in [6, 6.07) is 9.64. The largest absolute Gasteiger partial charge is 1.00 e. The molecule has 2 aromatic heterocycles. The number of rotatable bonds is 17. The first-order chi connectivity index (χ1) is 32.3. The van der Waals surface area contributed by atoms with Gasteiger partial charge in [-0.25, -0.2) is 28.2 Å². The number of H-pyrrole nitrogens is 1. The molecule has 7 rings (SSSR count). The van der Waals surface area contributed by atoms with E-state index in [0.29, 0.717) is 22.5 Å². The molecule has 4 unspecified atom stereocenters. The molecular weight excluding hydrogens is 1060 g/mol. The zero-order chi connectivity index (χ0) is 50.3. The Morgan fingerprint density at radius 2 is 1.65 bits per heavy atom. The maximum absolute atomic E-state index is 13.6. The number of imidazole rings is 1. The Kier molecular flexibility index (Phi) is 21.3. The van der Waals surface area contributed by atoms with Crippen molar-refractivity contribution in [3.05, 3.63) is 99.1 Å². The summed E-state index contributed by atoms with van der Waals surface area (Å²) < 4.78 is 65.0. The number of carboxylic acids is 1. The maximum Gasteiger partial charge on any atom is 1.00 e. The van der Waals surface area contributed by atoms with Gasteiger partial charge in [-0.2, -0.15) is 0 Å². The molecule has 0 bridgehead atoms. The summed E-state index contributed by atoms with van der Waals surface area (Å²) in [6.07, 6.45) is -2.08. The summed E-state index contributed by atoms with van der Waals surface area (Å²) in [7, 11) is -10.8. The van der Waals surface area contributed by atoms with E-state index >= 15 is 0 Å². The molecule has 370 valence electrons. The number of benzene rings is 2. The number of nitrogens with zero attached hydrogens (tertiary/aromatic N) is 5. The van der Waals surface area contributed by atoms with Gasteiger partial charge in [-0.1, -0.05) is 18.3 Å². The third-order valence-electron chi connectivity index (χ3n) is 10.4. The van der Waals surface area contributed by atoms with Crippen LogP contribution in [0.25, 0.3) is 16.7 Å². The number of fused-ring (bicyclic) bond motifs is 3. The van der Waals surface area contributed by atoms with E-state index in [4.69, 9.17) is 37.1 Å². The monoisotopic (exact) mass is 1110 g/mol. The molecule has 0 saturated carbocycles. The van der Waals surface area contributed by atoms with Crippen molar-refractivity contribution in [1.82, 2.24) is 35.1 Å². The molecule has 3 aliphatic rings. The fourth-order valence-electron chi connectivity index (χ4n) is 7.37. The zero-order valence-corrected chi connectivity index (χ0v) is 48.8. The predicted octanol–water partition coefficient (Wildman–Crippen LogP) is -8.34. The number of aromatic carboxylic acids is 1. The van der Waals surface area contributed by atoms with Crippen molar-refractivity contribution in [2.45, 2.75) is 30.6 Å². The van der Waals surface area contributed by atoms with Gasteiger partial charge in [0, 0.05) is 81.0 Å². The number of nitrogens with one attached hydrogen (secondary N) is 3. The number of aromatic amines is 1. The average Bonchev–Trinajstić information content (AvgIpc) is 3.81. The minimum atomic E-state index is -6.27. The van der Waals surface area contributed by atoms with Crippen LogP contribution in [-0.2, 0) is 36.3 Å². The van der Waals surface area contributed by atoms with E-state index in [2.05, 4.69) is 38.7 Å². The Hall–Kier alpha value is -2.83. The Morgan fingerprint density at radius 1 is 0.958 bits per heavy atom. The molecule has 0 spiro atoms. The molecule has 72 heavy (non-hydrogen) atoms. The SMILES string of the molecule is CN(C)C1=CC2Oc3cc(N(C)C)ccc3C(c3cc(C(=O)NCCNC(=O)O[C@@H]4[C@H](O)[C@@H](COP(=O)([O-])OP(=O)([O-])OP(=O)([O-])O)O[C@H]4n4cnc5c(=S)nc(N)[nH]c54)ccc3C(=O)O)=C2C=C1.[Na+].[Na+].[Na+]. The molecule has 0 radical (unpaired) electrons. The third-order valence-corrected chi connectivity index (χ3v) is 14.4. The summed E-state index contributed by atoms with van der Waals surface area (Å²) in [5, 5.41) is 26.6. The standard InChI is InChI=1S/C38H44N9O18P3S.3Na/c1-45(2)19-6-9-22-25(14-19)61-26-15-20(46(3)4)7-10-23(26)28(22)24-13-18(5-8-21(24)36(50)51)33(49)40-11-12-41-38(52)63-31-30(48)27(16-60-67(56,57)65-68(58,59)64-66(53,54)55)62-35(31)47-17-42-29-32(47)43-37(39)44-34(29)69;;;/h5-10,13-15,17,25,27,30-31,35,48H,11-12,16H2,1-4H3,(H,40,49)(H,41,52)(H,50,51)(H,56,57)(H,58,59)(H2,53,54,55)(H3,39,43,44,69);;;/q;3*+1/p-3/t25?,27-,30-,31-,35-;;;/m1.../s1. The average molecular weight is 1110 g/mol. The molecule has 2 aromatic carbocycles. The summed E-state index contributed by atoms with van der Waals surface area (Å²) in [5.74, 6) is -1.57. The minimum absolute atomic E-state index is 0. The van der Waals surface area contributed by atoms with E-state index in [9.17, 15) is 53.0 Å². The van der Waals surface area contributed by atoms with Gasteiger partial charge in [-0.05, 0) is 48.0 Å². The molecule has 1 saturated heterocycles. The summed E-state index contributed by atoms with van der Waals surface area (Å²) in [5.41, 5.74) is 9.67. The van der Waals surface area contributed by atoms with Gasteiger partial charge in [0.2, 0.25) is 0 Å². The summed E-state index contributed by atoms with van der Waals surface area (Å²) >= 11 is 5.20. The van der Waals surface area contributed by atoms with Gasteiger partial charge < -0.3 is 79.7 Å². The van der Waals surface area contributed by atoms with Gasteiger partial charge in [0.05, 0.1) is 18.5 Å². The number of hydrogen-bond donors (Lipinski definition) is 7. The van der Waals surface area contributed by atoms with Crippen LogP contribution >= 0.6 is 35.7 Å². The number of alkyl carbamates (subject to hydrolysis) is 1. The third kappa shape index (κ3) is 14.6. The number of carbonyl (C=O) groups excluding carboxylic acids is 2. The number of carbonyl (C=O) groups is 3. The first-order valence-corrected chi connectivity index (χ1v) is 24.8. The van der Waals surface area contributed by atoms with E-state index in [1.165, 1.54) is 18.2 Å². The van der Waals surface area contributed by atoms with Crippen molar-refractivity contribution < 1.29 is 174 Å². The number of nitrogen functional groups attached to an aromatic ring is 1. The number of likely N-dealkylation sites (N-methyl/N-ethyl adjacent to an activating group) is 1. The minimum Gasteiger partial charge on any atom is -0.756 e. The number of ether oxygens (including phenoxy) is 3. The Morgan fingerprint density at radius 3 is 2.31 bits per heavy atom. The van der Waals surface area contributed by atoms with Gasteiger partial charge in [0.25, 0.3) is 29.4 Å².